The van der Waals surface area contributed by atoms with Crippen LogP contribution in [0.3, 0.4) is 0 Å². The van der Waals surface area contributed by atoms with Gasteiger partial charge in [-0.25, -0.2) is 0 Å². The van der Waals surface area contributed by atoms with E-state index in [9.17, 15) is 0 Å². The van der Waals surface area contributed by atoms with Crippen LogP contribution in [0.1, 0.15) is 30.9 Å². The fourth-order valence-corrected chi connectivity index (χ4v) is 3.82. The molecular formula is C18H28N2O3. The zero-order valence-electron chi connectivity index (χ0n) is 14.4. The third kappa shape index (κ3) is 3.12. The molecule has 1 aromatic rings. The van der Waals surface area contributed by atoms with E-state index >= 15 is 0 Å². The first kappa shape index (κ1) is 16.4. The summed E-state index contributed by atoms with van der Waals surface area (Å²) >= 11 is 0. The minimum Gasteiger partial charge on any atom is -0.493 e. The molecule has 1 heterocycles. The number of ether oxygens (including phenoxy) is 3. The van der Waals surface area contributed by atoms with Crippen molar-refractivity contribution in [2.24, 2.45) is 5.92 Å². The Hall–Kier alpha value is -1.46. The molecule has 1 N–H and O–H groups in total. The smallest absolute Gasteiger partial charge is 0.203 e. The molecule has 1 aromatic carbocycles. The van der Waals surface area contributed by atoms with Gasteiger partial charge in [0.2, 0.25) is 5.75 Å². The first-order valence-electron chi connectivity index (χ1n) is 8.53. The lowest BCUT2D eigenvalue weighted by Gasteiger charge is -2.43. The minimum absolute atomic E-state index is 0.403. The number of hydrogen-bond acceptors (Lipinski definition) is 5. The van der Waals surface area contributed by atoms with Crippen LogP contribution in [-0.4, -0.2) is 52.4 Å². The molecule has 0 aromatic heterocycles. The standard InChI is InChI=1S/C18H28N2O3/c1-21-15-8-7-14(17(22-2)18(15)23-3)16(13-5-4-6-13)20-11-9-19-10-12-20/h7-8,13,16,19H,4-6,9-12H2,1-3H3/t16-/m1/s1. The fourth-order valence-electron chi connectivity index (χ4n) is 3.82. The molecule has 0 unspecified atom stereocenters. The molecule has 0 radical (unpaired) electrons. The van der Waals surface area contributed by atoms with Gasteiger partial charge < -0.3 is 19.5 Å². The largest absolute Gasteiger partial charge is 0.493 e. The van der Waals surface area contributed by atoms with Crippen LogP contribution in [0, 0.1) is 5.92 Å². The Morgan fingerprint density at radius 1 is 1.00 bits per heavy atom. The van der Waals surface area contributed by atoms with Crippen molar-refractivity contribution in [2.45, 2.75) is 25.3 Å². The summed E-state index contributed by atoms with van der Waals surface area (Å²) in [5.74, 6) is 2.95. The van der Waals surface area contributed by atoms with E-state index in [0.29, 0.717) is 17.7 Å². The maximum atomic E-state index is 5.75. The van der Waals surface area contributed by atoms with Gasteiger partial charge >= 0.3 is 0 Å². The van der Waals surface area contributed by atoms with Gasteiger partial charge in [0, 0.05) is 37.8 Å². The van der Waals surface area contributed by atoms with E-state index in [1.165, 1.54) is 24.8 Å². The van der Waals surface area contributed by atoms with Gasteiger partial charge in [0.05, 0.1) is 21.3 Å². The first-order valence-corrected chi connectivity index (χ1v) is 8.53. The number of methoxy groups -OCH3 is 3. The van der Waals surface area contributed by atoms with Crippen molar-refractivity contribution >= 4 is 0 Å². The van der Waals surface area contributed by atoms with Crippen LogP contribution < -0.4 is 19.5 Å². The second kappa shape index (κ2) is 7.41. The Labute approximate surface area is 138 Å². The summed E-state index contributed by atoms with van der Waals surface area (Å²) in [6, 6.07) is 4.57. The van der Waals surface area contributed by atoms with E-state index in [0.717, 1.165) is 37.7 Å². The third-order valence-corrected chi connectivity index (χ3v) is 5.19. The zero-order valence-corrected chi connectivity index (χ0v) is 14.4. The predicted molar refractivity (Wildman–Crippen MR) is 90.6 cm³/mol. The van der Waals surface area contributed by atoms with E-state index < -0.39 is 0 Å². The summed E-state index contributed by atoms with van der Waals surface area (Å²) in [5.41, 5.74) is 1.23. The van der Waals surface area contributed by atoms with E-state index in [-0.39, 0.29) is 0 Å². The summed E-state index contributed by atoms with van der Waals surface area (Å²) in [7, 11) is 5.06. The highest BCUT2D eigenvalue weighted by Gasteiger charge is 2.36. The van der Waals surface area contributed by atoms with E-state index in [1.54, 1.807) is 21.3 Å². The molecule has 1 saturated heterocycles. The molecule has 1 atom stereocenters. The van der Waals surface area contributed by atoms with Gasteiger partial charge in [-0.3, -0.25) is 4.90 Å². The maximum Gasteiger partial charge on any atom is 0.203 e. The summed E-state index contributed by atoms with van der Waals surface area (Å²) < 4.78 is 16.8. The zero-order chi connectivity index (χ0) is 16.2. The summed E-state index contributed by atoms with van der Waals surface area (Å²) in [6.07, 6.45) is 3.93. The Balaban J connectivity index is 2.00. The highest BCUT2D eigenvalue weighted by atomic mass is 16.5. The van der Waals surface area contributed by atoms with Gasteiger partial charge in [-0.1, -0.05) is 6.42 Å². The Bertz CT molecular complexity index is 525. The average molecular weight is 320 g/mol. The second-order valence-corrected chi connectivity index (χ2v) is 6.35. The molecule has 1 saturated carbocycles. The van der Waals surface area contributed by atoms with Gasteiger partial charge in [0.1, 0.15) is 0 Å². The van der Waals surface area contributed by atoms with Gasteiger partial charge in [-0.05, 0) is 30.9 Å². The van der Waals surface area contributed by atoms with Crippen LogP contribution in [0.4, 0.5) is 0 Å². The van der Waals surface area contributed by atoms with Crippen molar-refractivity contribution in [3.8, 4) is 17.2 Å². The molecule has 0 spiro atoms. The van der Waals surface area contributed by atoms with Crippen LogP contribution in [0.15, 0.2) is 12.1 Å². The van der Waals surface area contributed by atoms with Gasteiger partial charge in [-0.2, -0.15) is 0 Å². The van der Waals surface area contributed by atoms with E-state index in [2.05, 4.69) is 16.3 Å². The van der Waals surface area contributed by atoms with Crippen LogP contribution in [0.5, 0.6) is 17.2 Å². The molecule has 2 aliphatic rings. The third-order valence-electron chi connectivity index (χ3n) is 5.19. The summed E-state index contributed by atoms with van der Waals surface area (Å²) in [6.45, 7) is 4.27. The highest BCUT2D eigenvalue weighted by Crippen LogP contribution is 2.49. The lowest BCUT2D eigenvalue weighted by molar-refractivity contribution is 0.0814. The molecule has 0 bridgehead atoms. The lowest BCUT2D eigenvalue weighted by Crippen LogP contribution is -2.47. The van der Waals surface area contributed by atoms with Crippen molar-refractivity contribution in [1.82, 2.24) is 10.2 Å². The Morgan fingerprint density at radius 2 is 1.70 bits per heavy atom. The maximum absolute atomic E-state index is 5.75. The van der Waals surface area contributed by atoms with Gasteiger partial charge in [0.15, 0.2) is 11.5 Å². The van der Waals surface area contributed by atoms with Crippen molar-refractivity contribution in [3.05, 3.63) is 17.7 Å². The van der Waals surface area contributed by atoms with Crippen molar-refractivity contribution in [1.29, 1.82) is 0 Å². The highest BCUT2D eigenvalue weighted by molar-refractivity contribution is 5.57. The molecule has 128 valence electrons. The number of benzene rings is 1. The molecule has 1 aliphatic carbocycles. The SMILES string of the molecule is COc1ccc([C@@H](C2CCC2)N2CCNCC2)c(OC)c1OC. The summed E-state index contributed by atoms with van der Waals surface area (Å²) in [4.78, 5) is 2.60. The monoisotopic (exact) mass is 320 g/mol. The quantitative estimate of drug-likeness (QED) is 0.872. The van der Waals surface area contributed by atoms with E-state index in [4.69, 9.17) is 14.2 Å². The molecule has 5 nitrogen and oxygen atoms in total. The van der Waals surface area contributed by atoms with Crippen molar-refractivity contribution in [3.63, 3.8) is 0 Å². The predicted octanol–water partition coefficient (Wildman–Crippen LogP) is 2.46. The number of piperazine rings is 1. The van der Waals surface area contributed by atoms with Crippen molar-refractivity contribution in [2.75, 3.05) is 47.5 Å². The number of nitrogens with one attached hydrogen (secondary N) is 1. The topological polar surface area (TPSA) is 43.0 Å². The normalized spacial score (nSPS) is 20.7. The lowest BCUT2D eigenvalue weighted by atomic mass is 9.76. The average Bonchev–Trinajstić information content (AvgIpc) is 2.57. The fraction of sp³-hybridized carbons (Fsp3) is 0.667. The second-order valence-electron chi connectivity index (χ2n) is 6.35. The van der Waals surface area contributed by atoms with Gasteiger partial charge in [-0.15, -0.1) is 0 Å². The molecule has 23 heavy (non-hydrogen) atoms. The Morgan fingerprint density at radius 3 is 2.22 bits per heavy atom. The summed E-state index contributed by atoms with van der Waals surface area (Å²) in [5, 5.41) is 3.45. The molecule has 0 amide bonds. The Kier molecular flexibility index (Phi) is 5.28. The molecule has 3 rings (SSSR count). The minimum atomic E-state index is 0.403. The van der Waals surface area contributed by atoms with Crippen LogP contribution >= 0.6 is 0 Å². The molecule has 5 heteroatoms. The molecular weight excluding hydrogens is 292 g/mol. The number of rotatable bonds is 6. The van der Waals surface area contributed by atoms with Crippen LogP contribution in [0.2, 0.25) is 0 Å². The van der Waals surface area contributed by atoms with Crippen molar-refractivity contribution < 1.29 is 14.2 Å². The first-order chi connectivity index (χ1) is 11.3. The van der Waals surface area contributed by atoms with E-state index in [1.807, 2.05) is 6.07 Å². The van der Waals surface area contributed by atoms with Gasteiger partial charge in [0.25, 0.3) is 0 Å². The van der Waals surface area contributed by atoms with Crippen LogP contribution in [0.25, 0.3) is 0 Å². The number of nitrogens with zero attached hydrogens (tertiary/aromatic N) is 1. The number of hydrogen-bond donors (Lipinski definition) is 1. The van der Waals surface area contributed by atoms with Crippen LogP contribution in [-0.2, 0) is 0 Å². The molecule has 2 fully saturated rings. The molecule has 1 aliphatic heterocycles.